The first-order valence-corrected chi connectivity index (χ1v) is 7.52. The van der Waals surface area contributed by atoms with Crippen molar-refractivity contribution in [1.29, 1.82) is 0 Å². The van der Waals surface area contributed by atoms with Crippen molar-refractivity contribution < 1.29 is 14.3 Å². The summed E-state index contributed by atoms with van der Waals surface area (Å²) < 4.78 is 4.71. The third kappa shape index (κ3) is 4.81. The van der Waals surface area contributed by atoms with Crippen LogP contribution in [-0.2, 0) is 4.74 Å². The molecule has 126 valence electrons. The van der Waals surface area contributed by atoms with Crippen molar-refractivity contribution in [1.82, 2.24) is 10.3 Å². The standard InChI is InChI=1S/C18H21N3O3/c1-18(2,3)21-16(22)15-11-14(8-9-19-15)20-13-7-5-6-12(10-13)17(23)24-4/h5-11H,1-4H3,(H,19,20)(H,21,22). The molecule has 1 aromatic carbocycles. The minimum absolute atomic E-state index is 0.241. The SMILES string of the molecule is COC(=O)c1cccc(Nc2ccnc(C(=O)NC(C)(C)C)c2)c1. The molecule has 2 aromatic rings. The molecule has 0 atom stereocenters. The summed E-state index contributed by atoms with van der Waals surface area (Å²) in [7, 11) is 1.34. The van der Waals surface area contributed by atoms with E-state index in [1.807, 2.05) is 26.8 Å². The molecule has 24 heavy (non-hydrogen) atoms. The molecule has 0 fully saturated rings. The quantitative estimate of drug-likeness (QED) is 0.843. The molecule has 0 aliphatic rings. The number of pyridine rings is 1. The number of nitrogens with zero attached hydrogens (tertiary/aromatic N) is 1. The molecule has 2 rings (SSSR count). The van der Waals surface area contributed by atoms with Gasteiger partial charge in [0.15, 0.2) is 0 Å². The van der Waals surface area contributed by atoms with E-state index in [9.17, 15) is 9.59 Å². The van der Waals surface area contributed by atoms with Crippen LogP contribution in [0, 0.1) is 0 Å². The molecule has 0 saturated carbocycles. The van der Waals surface area contributed by atoms with E-state index in [-0.39, 0.29) is 11.4 Å². The predicted molar refractivity (Wildman–Crippen MR) is 92.5 cm³/mol. The number of anilines is 2. The van der Waals surface area contributed by atoms with Crippen molar-refractivity contribution in [2.45, 2.75) is 26.3 Å². The number of amides is 1. The Morgan fingerprint density at radius 3 is 2.46 bits per heavy atom. The van der Waals surface area contributed by atoms with Gasteiger partial charge in [-0.2, -0.15) is 0 Å². The van der Waals surface area contributed by atoms with Crippen LogP contribution in [0.3, 0.4) is 0 Å². The molecule has 0 aliphatic carbocycles. The Bertz CT molecular complexity index is 751. The van der Waals surface area contributed by atoms with E-state index in [1.54, 1.807) is 36.5 Å². The Hall–Kier alpha value is -2.89. The van der Waals surface area contributed by atoms with E-state index >= 15 is 0 Å². The number of ether oxygens (including phenoxy) is 1. The molecule has 0 saturated heterocycles. The Morgan fingerprint density at radius 1 is 1.08 bits per heavy atom. The number of aromatic nitrogens is 1. The maximum atomic E-state index is 12.2. The zero-order valence-corrected chi connectivity index (χ0v) is 14.2. The van der Waals surface area contributed by atoms with Gasteiger partial charge in [-0.05, 0) is 51.1 Å². The second-order valence-electron chi connectivity index (χ2n) is 6.33. The maximum Gasteiger partial charge on any atom is 0.337 e. The Balaban J connectivity index is 2.18. The maximum absolute atomic E-state index is 12.2. The normalized spacial score (nSPS) is 10.8. The minimum Gasteiger partial charge on any atom is -0.465 e. The van der Waals surface area contributed by atoms with Gasteiger partial charge in [-0.3, -0.25) is 9.78 Å². The molecule has 1 heterocycles. The Kier molecular flexibility index (Phi) is 5.18. The van der Waals surface area contributed by atoms with E-state index < -0.39 is 5.97 Å². The molecular weight excluding hydrogens is 306 g/mol. The molecule has 0 bridgehead atoms. The number of hydrogen-bond donors (Lipinski definition) is 2. The second-order valence-corrected chi connectivity index (χ2v) is 6.33. The molecule has 0 aliphatic heterocycles. The summed E-state index contributed by atoms with van der Waals surface area (Å²) >= 11 is 0. The number of rotatable bonds is 4. The van der Waals surface area contributed by atoms with Gasteiger partial charge in [0, 0.05) is 23.1 Å². The highest BCUT2D eigenvalue weighted by Gasteiger charge is 2.16. The van der Waals surface area contributed by atoms with Gasteiger partial charge in [0.25, 0.3) is 5.91 Å². The van der Waals surface area contributed by atoms with Gasteiger partial charge in [0.05, 0.1) is 12.7 Å². The molecule has 6 nitrogen and oxygen atoms in total. The lowest BCUT2D eigenvalue weighted by Crippen LogP contribution is -2.40. The van der Waals surface area contributed by atoms with Crippen molar-refractivity contribution in [2.75, 3.05) is 12.4 Å². The van der Waals surface area contributed by atoms with Crippen LogP contribution in [-0.4, -0.2) is 29.5 Å². The molecule has 0 radical (unpaired) electrons. The van der Waals surface area contributed by atoms with E-state index in [4.69, 9.17) is 4.74 Å². The van der Waals surface area contributed by atoms with Crippen LogP contribution in [0.25, 0.3) is 0 Å². The summed E-state index contributed by atoms with van der Waals surface area (Å²) in [5, 5.41) is 6.02. The lowest BCUT2D eigenvalue weighted by Gasteiger charge is -2.20. The Morgan fingerprint density at radius 2 is 1.79 bits per heavy atom. The van der Waals surface area contributed by atoms with E-state index in [1.165, 1.54) is 7.11 Å². The fraction of sp³-hybridized carbons (Fsp3) is 0.278. The predicted octanol–water partition coefficient (Wildman–Crippen LogP) is 3.14. The van der Waals surface area contributed by atoms with Crippen molar-refractivity contribution in [3.8, 4) is 0 Å². The van der Waals surface area contributed by atoms with E-state index in [0.717, 1.165) is 0 Å². The molecule has 0 unspecified atom stereocenters. The summed E-state index contributed by atoms with van der Waals surface area (Å²) in [5.41, 5.74) is 1.84. The number of methoxy groups -OCH3 is 1. The number of hydrogen-bond acceptors (Lipinski definition) is 5. The summed E-state index contributed by atoms with van der Waals surface area (Å²) in [6.07, 6.45) is 1.56. The smallest absolute Gasteiger partial charge is 0.337 e. The summed E-state index contributed by atoms with van der Waals surface area (Å²) in [6.45, 7) is 5.72. The number of esters is 1. The minimum atomic E-state index is -0.404. The highest BCUT2D eigenvalue weighted by atomic mass is 16.5. The van der Waals surface area contributed by atoms with Crippen LogP contribution < -0.4 is 10.6 Å². The Labute approximate surface area is 141 Å². The van der Waals surface area contributed by atoms with Crippen LogP contribution in [0.5, 0.6) is 0 Å². The number of carbonyl (C=O) groups excluding carboxylic acids is 2. The van der Waals surface area contributed by atoms with Crippen molar-refractivity contribution in [3.63, 3.8) is 0 Å². The largest absolute Gasteiger partial charge is 0.465 e. The van der Waals surface area contributed by atoms with Gasteiger partial charge in [-0.25, -0.2) is 4.79 Å². The number of benzene rings is 1. The summed E-state index contributed by atoms with van der Waals surface area (Å²) in [5.74, 6) is -0.645. The van der Waals surface area contributed by atoms with Crippen molar-refractivity contribution in [3.05, 3.63) is 53.9 Å². The lowest BCUT2D eigenvalue weighted by atomic mass is 10.1. The van der Waals surface area contributed by atoms with Crippen LogP contribution in [0.1, 0.15) is 41.6 Å². The fourth-order valence-electron chi connectivity index (χ4n) is 2.05. The third-order valence-electron chi connectivity index (χ3n) is 3.05. The highest BCUT2D eigenvalue weighted by Crippen LogP contribution is 2.18. The topological polar surface area (TPSA) is 80.3 Å². The fourth-order valence-corrected chi connectivity index (χ4v) is 2.05. The second kappa shape index (κ2) is 7.12. The monoisotopic (exact) mass is 327 g/mol. The van der Waals surface area contributed by atoms with Gasteiger partial charge in [0.1, 0.15) is 5.69 Å². The zero-order valence-electron chi connectivity index (χ0n) is 14.2. The van der Waals surface area contributed by atoms with E-state index in [2.05, 4.69) is 15.6 Å². The van der Waals surface area contributed by atoms with Gasteiger partial charge in [-0.1, -0.05) is 6.07 Å². The number of nitrogens with one attached hydrogen (secondary N) is 2. The molecule has 0 spiro atoms. The number of carbonyl (C=O) groups is 2. The first kappa shape index (κ1) is 17.5. The highest BCUT2D eigenvalue weighted by molar-refractivity contribution is 5.94. The van der Waals surface area contributed by atoms with Crippen LogP contribution in [0.4, 0.5) is 11.4 Å². The average Bonchev–Trinajstić information content (AvgIpc) is 2.53. The van der Waals surface area contributed by atoms with E-state index in [0.29, 0.717) is 22.6 Å². The average molecular weight is 327 g/mol. The molecule has 2 N–H and O–H groups in total. The third-order valence-corrected chi connectivity index (χ3v) is 3.05. The lowest BCUT2D eigenvalue weighted by molar-refractivity contribution is 0.0600. The van der Waals surface area contributed by atoms with Gasteiger partial charge in [0.2, 0.25) is 0 Å². The first-order valence-electron chi connectivity index (χ1n) is 7.52. The van der Waals surface area contributed by atoms with Crippen LogP contribution in [0.15, 0.2) is 42.6 Å². The summed E-state index contributed by atoms with van der Waals surface area (Å²) in [6, 6.07) is 10.3. The van der Waals surface area contributed by atoms with Crippen LogP contribution in [0.2, 0.25) is 0 Å². The van der Waals surface area contributed by atoms with Gasteiger partial charge in [-0.15, -0.1) is 0 Å². The molecule has 1 aromatic heterocycles. The van der Waals surface area contributed by atoms with Crippen LogP contribution >= 0.6 is 0 Å². The zero-order chi connectivity index (χ0) is 17.7. The summed E-state index contributed by atoms with van der Waals surface area (Å²) in [4.78, 5) is 27.9. The molecular formula is C18H21N3O3. The van der Waals surface area contributed by atoms with Gasteiger partial charge >= 0.3 is 5.97 Å². The molecule has 1 amide bonds. The first-order chi connectivity index (χ1) is 11.3. The van der Waals surface area contributed by atoms with Gasteiger partial charge < -0.3 is 15.4 Å². The van der Waals surface area contributed by atoms with Crippen molar-refractivity contribution in [2.24, 2.45) is 0 Å². The molecule has 6 heteroatoms. The van der Waals surface area contributed by atoms with Crippen molar-refractivity contribution >= 4 is 23.3 Å².